The molecule has 2 aromatic rings. The van der Waals surface area contributed by atoms with Gasteiger partial charge in [-0.05, 0) is 51.0 Å². The Morgan fingerprint density at radius 2 is 2.25 bits per heavy atom. The van der Waals surface area contributed by atoms with Crippen LogP contribution in [0.15, 0.2) is 59.9 Å². The number of guanidine groups is 1. The fourth-order valence-corrected chi connectivity index (χ4v) is 2.38. The summed E-state index contributed by atoms with van der Waals surface area (Å²) in [6.07, 6.45) is 8.87. The van der Waals surface area contributed by atoms with Gasteiger partial charge in [-0.1, -0.05) is 24.3 Å². The summed E-state index contributed by atoms with van der Waals surface area (Å²) in [5, 5.41) is 11.1. The zero-order valence-electron chi connectivity index (χ0n) is 14.7. The van der Waals surface area contributed by atoms with E-state index in [1.165, 1.54) is 5.56 Å². The van der Waals surface area contributed by atoms with E-state index < -0.39 is 0 Å². The highest BCUT2D eigenvalue weighted by molar-refractivity contribution is 5.80. The van der Waals surface area contributed by atoms with Gasteiger partial charge in [-0.3, -0.25) is 4.99 Å². The van der Waals surface area contributed by atoms with Crippen LogP contribution >= 0.6 is 0 Å². The molecule has 1 unspecified atom stereocenters. The van der Waals surface area contributed by atoms with Crippen LogP contribution in [0, 0.1) is 0 Å². The van der Waals surface area contributed by atoms with Crippen LogP contribution in [0.25, 0.3) is 5.69 Å². The van der Waals surface area contributed by atoms with Crippen molar-refractivity contribution in [1.29, 1.82) is 0 Å². The van der Waals surface area contributed by atoms with Gasteiger partial charge in [0.1, 0.15) is 0 Å². The van der Waals surface area contributed by atoms with Gasteiger partial charge in [0.25, 0.3) is 0 Å². The lowest BCUT2D eigenvalue weighted by Gasteiger charge is -2.19. The molecule has 128 valence electrons. The Morgan fingerprint density at radius 3 is 2.96 bits per heavy atom. The summed E-state index contributed by atoms with van der Waals surface area (Å²) in [6, 6.07) is 10.5. The average Bonchev–Trinajstić information content (AvgIpc) is 3.13. The molecule has 0 saturated carbocycles. The SMILES string of the molecule is C/C=C/CCN=C(NCC)NC(C)c1cccc(-n2cccn2)c1. The van der Waals surface area contributed by atoms with Gasteiger partial charge >= 0.3 is 0 Å². The molecule has 2 N–H and O–H groups in total. The van der Waals surface area contributed by atoms with Crippen LogP contribution in [0.4, 0.5) is 0 Å². The van der Waals surface area contributed by atoms with Gasteiger partial charge in [-0.2, -0.15) is 5.10 Å². The first kappa shape index (κ1) is 17.8. The van der Waals surface area contributed by atoms with E-state index in [9.17, 15) is 0 Å². The van der Waals surface area contributed by atoms with Crippen molar-refractivity contribution in [3.05, 3.63) is 60.4 Å². The molecule has 0 amide bonds. The second-order valence-electron chi connectivity index (χ2n) is 5.53. The molecule has 1 heterocycles. The van der Waals surface area contributed by atoms with Crippen molar-refractivity contribution < 1.29 is 0 Å². The van der Waals surface area contributed by atoms with Crippen LogP contribution in [0.5, 0.6) is 0 Å². The largest absolute Gasteiger partial charge is 0.357 e. The number of allylic oxidation sites excluding steroid dienone is 1. The third-order valence-corrected chi connectivity index (χ3v) is 3.64. The summed E-state index contributed by atoms with van der Waals surface area (Å²) in [4.78, 5) is 4.61. The fourth-order valence-electron chi connectivity index (χ4n) is 2.38. The van der Waals surface area contributed by atoms with Crippen molar-refractivity contribution in [1.82, 2.24) is 20.4 Å². The highest BCUT2D eigenvalue weighted by Crippen LogP contribution is 2.16. The third kappa shape index (κ3) is 5.26. The maximum absolute atomic E-state index is 4.61. The Kier molecular flexibility index (Phi) is 7.08. The van der Waals surface area contributed by atoms with E-state index in [0.717, 1.165) is 31.2 Å². The molecule has 0 aliphatic rings. The van der Waals surface area contributed by atoms with Crippen molar-refractivity contribution in [3.8, 4) is 5.69 Å². The number of aromatic nitrogens is 2. The molecule has 1 aromatic carbocycles. The maximum Gasteiger partial charge on any atom is 0.191 e. The minimum Gasteiger partial charge on any atom is -0.357 e. The van der Waals surface area contributed by atoms with Gasteiger partial charge in [-0.25, -0.2) is 4.68 Å². The molecule has 0 aliphatic carbocycles. The Morgan fingerprint density at radius 1 is 1.38 bits per heavy atom. The molecule has 0 fully saturated rings. The van der Waals surface area contributed by atoms with E-state index in [0.29, 0.717) is 0 Å². The standard InChI is InChI=1S/C19H27N5/c1-4-6-7-12-21-19(20-5-2)23-16(3)17-10-8-11-18(15-17)24-14-9-13-22-24/h4,6,8-11,13-16H,5,7,12H2,1-3H3,(H2,20,21,23)/b6-4+. The molecule has 0 aliphatic heterocycles. The Bertz CT molecular complexity index is 658. The average molecular weight is 325 g/mol. The topological polar surface area (TPSA) is 54.2 Å². The number of nitrogens with zero attached hydrogens (tertiary/aromatic N) is 3. The first-order valence-corrected chi connectivity index (χ1v) is 8.50. The van der Waals surface area contributed by atoms with Crippen molar-refractivity contribution in [3.63, 3.8) is 0 Å². The lowest BCUT2D eigenvalue weighted by Crippen LogP contribution is -2.38. The summed E-state index contributed by atoms with van der Waals surface area (Å²) in [7, 11) is 0. The van der Waals surface area contributed by atoms with Gasteiger partial charge < -0.3 is 10.6 Å². The summed E-state index contributed by atoms with van der Waals surface area (Å²) in [5.41, 5.74) is 2.25. The van der Waals surface area contributed by atoms with Crippen molar-refractivity contribution >= 4 is 5.96 Å². The van der Waals surface area contributed by atoms with Crippen molar-refractivity contribution in [2.75, 3.05) is 13.1 Å². The van der Waals surface area contributed by atoms with Crippen LogP contribution in [0.1, 0.15) is 38.8 Å². The molecule has 1 atom stereocenters. The Balaban J connectivity index is 2.06. The van der Waals surface area contributed by atoms with E-state index in [2.05, 4.69) is 71.0 Å². The quantitative estimate of drug-likeness (QED) is 0.355. The first-order valence-electron chi connectivity index (χ1n) is 8.50. The Labute approximate surface area is 144 Å². The van der Waals surface area contributed by atoms with E-state index in [4.69, 9.17) is 0 Å². The van der Waals surface area contributed by atoms with E-state index in [-0.39, 0.29) is 6.04 Å². The normalized spacial score (nSPS) is 13.2. The minimum atomic E-state index is 0.153. The Hall–Kier alpha value is -2.56. The second kappa shape index (κ2) is 9.55. The highest BCUT2D eigenvalue weighted by Gasteiger charge is 2.09. The summed E-state index contributed by atoms with van der Waals surface area (Å²) in [6.45, 7) is 7.87. The smallest absolute Gasteiger partial charge is 0.191 e. The maximum atomic E-state index is 4.61. The number of rotatable bonds is 7. The van der Waals surface area contributed by atoms with E-state index >= 15 is 0 Å². The zero-order valence-corrected chi connectivity index (χ0v) is 14.7. The molecule has 0 spiro atoms. The van der Waals surface area contributed by atoms with Gasteiger partial charge in [0.05, 0.1) is 11.7 Å². The van der Waals surface area contributed by atoms with Crippen LogP contribution in [0.3, 0.4) is 0 Å². The van der Waals surface area contributed by atoms with Crippen molar-refractivity contribution in [2.45, 2.75) is 33.2 Å². The monoisotopic (exact) mass is 325 g/mol. The van der Waals surface area contributed by atoms with Gasteiger partial charge in [0, 0.05) is 25.5 Å². The van der Waals surface area contributed by atoms with Gasteiger partial charge in [0.2, 0.25) is 0 Å². The van der Waals surface area contributed by atoms with Crippen LogP contribution in [0.2, 0.25) is 0 Å². The first-order chi connectivity index (χ1) is 11.7. The molecule has 5 nitrogen and oxygen atoms in total. The number of hydrogen-bond acceptors (Lipinski definition) is 2. The number of nitrogens with one attached hydrogen (secondary N) is 2. The van der Waals surface area contributed by atoms with Gasteiger partial charge in [0.15, 0.2) is 5.96 Å². The molecular weight excluding hydrogens is 298 g/mol. The molecule has 24 heavy (non-hydrogen) atoms. The lowest BCUT2D eigenvalue weighted by atomic mass is 10.1. The molecule has 0 bridgehead atoms. The van der Waals surface area contributed by atoms with Crippen LogP contribution in [-0.4, -0.2) is 28.8 Å². The summed E-state index contributed by atoms with van der Waals surface area (Å²) < 4.78 is 1.87. The van der Waals surface area contributed by atoms with Crippen LogP contribution < -0.4 is 10.6 Å². The summed E-state index contributed by atoms with van der Waals surface area (Å²) >= 11 is 0. The zero-order chi connectivity index (χ0) is 17.2. The molecule has 0 radical (unpaired) electrons. The predicted octanol–water partition coefficient (Wildman–Crippen LogP) is 3.45. The minimum absolute atomic E-state index is 0.153. The fraction of sp³-hybridized carbons (Fsp3) is 0.368. The second-order valence-corrected chi connectivity index (χ2v) is 5.53. The summed E-state index contributed by atoms with van der Waals surface area (Å²) in [5.74, 6) is 0.846. The predicted molar refractivity (Wildman–Crippen MR) is 101 cm³/mol. The third-order valence-electron chi connectivity index (χ3n) is 3.64. The van der Waals surface area contributed by atoms with Crippen LogP contribution in [-0.2, 0) is 0 Å². The highest BCUT2D eigenvalue weighted by atomic mass is 15.3. The number of benzene rings is 1. The molecule has 1 aromatic heterocycles. The molecular formula is C19H27N5. The lowest BCUT2D eigenvalue weighted by molar-refractivity contribution is 0.685. The molecule has 5 heteroatoms. The van der Waals surface area contributed by atoms with E-state index in [1.54, 1.807) is 6.20 Å². The van der Waals surface area contributed by atoms with E-state index in [1.807, 2.05) is 23.9 Å². The molecule has 0 saturated heterocycles. The van der Waals surface area contributed by atoms with Crippen molar-refractivity contribution in [2.24, 2.45) is 4.99 Å². The van der Waals surface area contributed by atoms with Gasteiger partial charge in [-0.15, -0.1) is 0 Å². The number of hydrogen-bond donors (Lipinski definition) is 2. The number of aliphatic imine (C=N–C) groups is 1. The molecule has 2 rings (SSSR count).